The van der Waals surface area contributed by atoms with Crippen molar-refractivity contribution in [3.63, 3.8) is 0 Å². The smallest absolute Gasteiger partial charge is 0.310 e. The molecule has 1 heterocycles. The van der Waals surface area contributed by atoms with Crippen molar-refractivity contribution in [2.24, 2.45) is 5.92 Å². The Bertz CT molecular complexity index is 504. The predicted molar refractivity (Wildman–Crippen MR) is 71.7 cm³/mol. The maximum Gasteiger partial charge on any atom is 0.310 e. The number of carboxylic acids is 1. The zero-order chi connectivity index (χ0) is 14.9. The fraction of sp³-hybridized carbons (Fsp3) is 0.500. The van der Waals surface area contributed by atoms with Crippen molar-refractivity contribution in [2.45, 2.75) is 19.0 Å². The molecule has 1 fully saturated rings. The first-order valence-electron chi connectivity index (χ1n) is 6.46. The van der Waals surface area contributed by atoms with Gasteiger partial charge in [0, 0.05) is 17.6 Å². The number of phenolic OH excluding ortho intramolecular Hbond substituents is 2. The van der Waals surface area contributed by atoms with Gasteiger partial charge in [0.25, 0.3) is 0 Å². The van der Waals surface area contributed by atoms with Crippen molar-refractivity contribution in [3.05, 3.63) is 23.8 Å². The molecule has 0 aliphatic carbocycles. The van der Waals surface area contributed by atoms with E-state index in [1.54, 1.807) is 7.05 Å². The number of hydrogen-bond donors (Lipinski definition) is 3. The van der Waals surface area contributed by atoms with Gasteiger partial charge in [0.2, 0.25) is 0 Å². The average molecular weight is 281 g/mol. The van der Waals surface area contributed by atoms with Crippen LogP contribution in [-0.2, 0) is 9.53 Å². The molecule has 1 aliphatic rings. The zero-order valence-electron chi connectivity index (χ0n) is 11.5. The van der Waals surface area contributed by atoms with Crippen LogP contribution >= 0.6 is 0 Å². The monoisotopic (exact) mass is 281 g/mol. The summed E-state index contributed by atoms with van der Waals surface area (Å²) in [4.78, 5) is 13.1. The van der Waals surface area contributed by atoms with Gasteiger partial charge in [0.1, 0.15) is 11.5 Å². The molecule has 0 saturated carbocycles. The average Bonchev–Trinajstić information content (AvgIpc) is 2.89. The van der Waals surface area contributed by atoms with E-state index >= 15 is 0 Å². The summed E-state index contributed by atoms with van der Waals surface area (Å²) in [6.45, 7) is 2.40. The van der Waals surface area contributed by atoms with Crippen molar-refractivity contribution in [1.82, 2.24) is 4.90 Å². The number of carboxylic acid groups (broad SMARTS) is 1. The summed E-state index contributed by atoms with van der Waals surface area (Å²) in [5.74, 6) is -1.32. The number of benzene rings is 1. The Morgan fingerprint density at radius 1 is 1.40 bits per heavy atom. The minimum absolute atomic E-state index is 0.0653. The zero-order valence-corrected chi connectivity index (χ0v) is 11.5. The highest BCUT2D eigenvalue weighted by Gasteiger charge is 2.38. The van der Waals surface area contributed by atoms with Crippen LogP contribution in [0, 0.1) is 5.92 Å². The molecule has 110 valence electrons. The molecular formula is C14H19NO5. The van der Waals surface area contributed by atoms with Gasteiger partial charge in [-0.15, -0.1) is 0 Å². The molecule has 1 aromatic carbocycles. The Morgan fingerprint density at radius 2 is 2.10 bits per heavy atom. The maximum absolute atomic E-state index is 11.2. The third kappa shape index (κ3) is 2.71. The van der Waals surface area contributed by atoms with Crippen LogP contribution in [0.25, 0.3) is 0 Å². The van der Waals surface area contributed by atoms with E-state index in [1.807, 2.05) is 11.8 Å². The molecule has 1 aromatic rings. The molecule has 3 unspecified atom stereocenters. The van der Waals surface area contributed by atoms with Gasteiger partial charge in [0.05, 0.1) is 19.1 Å². The van der Waals surface area contributed by atoms with Gasteiger partial charge in [-0.3, -0.25) is 9.69 Å². The van der Waals surface area contributed by atoms with Crippen LogP contribution in [0.3, 0.4) is 0 Å². The Kier molecular flexibility index (Phi) is 4.15. The quantitative estimate of drug-likeness (QED) is 0.718. The van der Waals surface area contributed by atoms with Crippen molar-refractivity contribution in [1.29, 1.82) is 0 Å². The molecule has 0 aromatic heterocycles. The van der Waals surface area contributed by atoms with Crippen LogP contribution < -0.4 is 0 Å². The molecule has 2 rings (SSSR count). The molecule has 0 spiro atoms. The molecule has 3 N–H and O–H groups in total. The number of likely N-dealkylation sites (N-methyl/N-ethyl adjacent to an activating group) is 1. The lowest BCUT2D eigenvalue weighted by atomic mass is 9.98. The Balaban J connectivity index is 2.21. The van der Waals surface area contributed by atoms with Crippen LogP contribution in [0.2, 0.25) is 0 Å². The van der Waals surface area contributed by atoms with Gasteiger partial charge in [-0.2, -0.15) is 0 Å². The van der Waals surface area contributed by atoms with Crippen molar-refractivity contribution < 1.29 is 24.9 Å². The summed E-state index contributed by atoms with van der Waals surface area (Å²) in [7, 11) is 1.80. The van der Waals surface area contributed by atoms with Gasteiger partial charge in [-0.25, -0.2) is 0 Å². The number of rotatable bonds is 4. The number of aromatic hydroxyl groups is 2. The van der Waals surface area contributed by atoms with E-state index in [-0.39, 0.29) is 30.2 Å². The van der Waals surface area contributed by atoms with Crippen LogP contribution in [0.5, 0.6) is 11.5 Å². The van der Waals surface area contributed by atoms with Crippen LogP contribution in [-0.4, -0.2) is 52.5 Å². The number of aliphatic carboxylic acids is 1. The second-order valence-corrected chi connectivity index (χ2v) is 5.13. The molecule has 6 nitrogen and oxygen atoms in total. The lowest BCUT2D eigenvalue weighted by Gasteiger charge is -2.32. The highest BCUT2D eigenvalue weighted by atomic mass is 16.5. The lowest BCUT2D eigenvalue weighted by molar-refractivity contribution is -0.143. The number of phenols is 2. The van der Waals surface area contributed by atoms with E-state index in [0.717, 1.165) is 0 Å². The first-order valence-corrected chi connectivity index (χ1v) is 6.46. The second kappa shape index (κ2) is 5.68. The van der Waals surface area contributed by atoms with Gasteiger partial charge >= 0.3 is 5.97 Å². The number of nitrogens with zero attached hydrogens (tertiary/aromatic N) is 1. The van der Waals surface area contributed by atoms with E-state index < -0.39 is 11.9 Å². The van der Waals surface area contributed by atoms with E-state index in [2.05, 4.69) is 0 Å². The lowest BCUT2D eigenvalue weighted by Crippen LogP contribution is -2.42. The molecular weight excluding hydrogens is 262 g/mol. The molecule has 1 saturated heterocycles. The topological polar surface area (TPSA) is 90.2 Å². The Hall–Kier alpha value is -1.79. The minimum Gasteiger partial charge on any atom is -0.508 e. The highest BCUT2D eigenvalue weighted by Crippen LogP contribution is 2.33. The van der Waals surface area contributed by atoms with E-state index in [4.69, 9.17) is 4.74 Å². The fourth-order valence-electron chi connectivity index (χ4n) is 2.56. The predicted octanol–water partition coefficient (Wildman–Crippen LogP) is 1.19. The van der Waals surface area contributed by atoms with Gasteiger partial charge in [0.15, 0.2) is 0 Å². The van der Waals surface area contributed by atoms with Crippen LogP contribution in [0.15, 0.2) is 18.2 Å². The first kappa shape index (κ1) is 14.6. The summed E-state index contributed by atoms with van der Waals surface area (Å²) in [6.07, 6.45) is 0. The largest absolute Gasteiger partial charge is 0.508 e. The van der Waals surface area contributed by atoms with Crippen molar-refractivity contribution >= 4 is 5.97 Å². The molecule has 3 atom stereocenters. The standard InChI is InChI=1S/C14H19NO5/c1-8(10-5-9(16)3-4-13(10)17)15(2)12-7-20-6-11(12)14(18)19/h3-5,8,11-12,16-17H,6-7H2,1-2H3,(H,18,19). The van der Waals surface area contributed by atoms with Crippen molar-refractivity contribution in [2.75, 3.05) is 20.3 Å². The molecule has 20 heavy (non-hydrogen) atoms. The summed E-state index contributed by atoms with van der Waals surface area (Å²) in [6, 6.07) is 3.82. The maximum atomic E-state index is 11.2. The number of ether oxygens (including phenoxy) is 1. The first-order chi connectivity index (χ1) is 9.41. The summed E-state index contributed by atoms with van der Waals surface area (Å²) in [5.41, 5.74) is 0.559. The fourth-order valence-corrected chi connectivity index (χ4v) is 2.56. The highest BCUT2D eigenvalue weighted by molar-refractivity contribution is 5.71. The summed E-state index contributed by atoms with van der Waals surface area (Å²) >= 11 is 0. The summed E-state index contributed by atoms with van der Waals surface area (Å²) in [5, 5.41) is 28.6. The van der Waals surface area contributed by atoms with Crippen molar-refractivity contribution in [3.8, 4) is 11.5 Å². The van der Waals surface area contributed by atoms with Gasteiger partial charge in [-0.05, 0) is 32.2 Å². The SMILES string of the molecule is CC(c1cc(O)ccc1O)N(C)C1COCC1C(=O)O. The summed E-state index contributed by atoms with van der Waals surface area (Å²) < 4.78 is 5.26. The van der Waals surface area contributed by atoms with Crippen LogP contribution in [0.4, 0.5) is 0 Å². The van der Waals surface area contributed by atoms with E-state index in [1.165, 1.54) is 18.2 Å². The van der Waals surface area contributed by atoms with Crippen LogP contribution in [0.1, 0.15) is 18.5 Å². The van der Waals surface area contributed by atoms with E-state index in [0.29, 0.717) is 12.2 Å². The molecule has 0 radical (unpaired) electrons. The van der Waals surface area contributed by atoms with Gasteiger partial charge in [-0.1, -0.05) is 0 Å². The minimum atomic E-state index is -0.883. The number of hydrogen-bond acceptors (Lipinski definition) is 5. The Labute approximate surface area is 117 Å². The second-order valence-electron chi connectivity index (χ2n) is 5.13. The number of carbonyl (C=O) groups is 1. The third-order valence-electron chi connectivity index (χ3n) is 3.96. The van der Waals surface area contributed by atoms with Gasteiger partial charge < -0.3 is 20.1 Å². The Morgan fingerprint density at radius 3 is 2.75 bits per heavy atom. The molecule has 6 heteroatoms. The molecule has 0 bridgehead atoms. The molecule has 0 amide bonds. The normalized spacial score (nSPS) is 23.9. The third-order valence-corrected chi connectivity index (χ3v) is 3.96. The molecule has 1 aliphatic heterocycles. The van der Waals surface area contributed by atoms with E-state index in [9.17, 15) is 20.1 Å².